The first-order valence-corrected chi connectivity index (χ1v) is 11.2. The van der Waals surface area contributed by atoms with Crippen molar-refractivity contribution in [3.63, 3.8) is 0 Å². The molecule has 1 aromatic heterocycles. The van der Waals surface area contributed by atoms with Crippen LogP contribution in [-0.4, -0.2) is 11.8 Å². The van der Waals surface area contributed by atoms with Gasteiger partial charge >= 0.3 is 0 Å². The van der Waals surface area contributed by atoms with Gasteiger partial charge in [-0.05, 0) is 66.7 Å². The van der Waals surface area contributed by atoms with Gasteiger partial charge in [0.25, 0.3) is 5.91 Å². The molecule has 5 nitrogen and oxygen atoms in total. The maximum absolute atomic E-state index is 12.4. The van der Waals surface area contributed by atoms with Gasteiger partial charge in [0.05, 0.1) is 10.0 Å². The Balaban J connectivity index is 1.39. The average molecular weight is 512 g/mol. The Hall–Kier alpha value is -3.51. The third-order valence-corrected chi connectivity index (χ3v) is 5.77. The summed E-state index contributed by atoms with van der Waals surface area (Å²) in [5, 5.41) is 6.83. The van der Waals surface area contributed by atoms with Crippen LogP contribution >= 0.6 is 34.8 Å². The first kappa shape index (κ1) is 23.6. The molecule has 3 aromatic carbocycles. The predicted octanol–water partition coefficient (Wildman–Crippen LogP) is 7.81. The molecule has 0 aliphatic rings. The van der Waals surface area contributed by atoms with Crippen molar-refractivity contribution in [3.05, 3.63) is 111 Å². The van der Waals surface area contributed by atoms with Crippen molar-refractivity contribution in [3.8, 4) is 11.3 Å². The van der Waals surface area contributed by atoms with E-state index in [1.54, 1.807) is 84.9 Å². The molecule has 0 fully saturated rings. The van der Waals surface area contributed by atoms with Gasteiger partial charge in [-0.1, -0.05) is 53.0 Å². The van der Waals surface area contributed by atoms with Crippen molar-refractivity contribution in [1.82, 2.24) is 0 Å². The monoisotopic (exact) mass is 510 g/mol. The Morgan fingerprint density at radius 3 is 2.32 bits per heavy atom. The maximum Gasteiger partial charge on any atom is 0.255 e. The Kier molecular flexibility index (Phi) is 7.38. The van der Waals surface area contributed by atoms with Crippen molar-refractivity contribution >= 4 is 64.1 Å². The number of nitrogens with one attached hydrogen (secondary N) is 2. The second-order valence-electron chi connectivity index (χ2n) is 7.17. The molecule has 0 saturated carbocycles. The highest BCUT2D eigenvalue weighted by atomic mass is 35.5. The molecule has 2 N–H and O–H groups in total. The minimum absolute atomic E-state index is 0.306. The fraction of sp³-hybridized carbons (Fsp3) is 0. The molecule has 0 radical (unpaired) electrons. The predicted molar refractivity (Wildman–Crippen MR) is 138 cm³/mol. The minimum atomic E-state index is -0.364. The summed E-state index contributed by atoms with van der Waals surface area (Å²) in [6.45, 7) is 0. The summed E-state index contributed by atoms with van der Waals surface area (Å²) in [5.41, 5.74) is 2.14. The lowest BCUT2D eigenvalue weighted by molar-refractivity contribution is -0.111. The number of hydrogen-bond acceptors (Lipinski definition) is 3. The van der Waals surface area contributed by atoms with Crippen molar-refractivity contribution in [1.29, 1.82) is 0 Å². The lowest BCUT2D eigenvalue weighted by Crippen LogP contribution is -2.12. The standard InChI is InChI=1S/C26H17Cl3N2O3/c27-17-5-1-4-16(14-17)26(33)31-19-7-2-6-18(15-19)30-24(32)13-11-20-10-12-23(34-20)21-8-3-9-22(28)25(21)29/h1-15H,(H,30,32)(H,31,33). The second-order valence-corrected chi connectivity index (χ2v) is 8.39. The Morgan fingerprint density at radius 2 is 1.53 bits per heavy atom. The number of benzene rings is 3. The lowest BCUT2D eigenvalue weighted by atomic mass is 10.2. The van der Waals surface area contributed by atoms with Gasteiger partial charge in [-0.15, -0.1) is 0 Å². The number of carbonyl (C=O) groups is 2. The molecule has 0 aliphatic heterocycles. The van der Waals surface area contributed by atoms with Gasteiger partial charge in [0, 0.05) is 33.6 Å². The zero-order chi connectivity index (χ0) is 24.1. The van der Waals surface area contributed by atoms with E-state index < -0.39 is 0 Å². The number of hydrogen-bond donors (Lipinski definition) is 2. The summed E-state index contributed by atoms with van der Waals surface area (Å²) in [7, 11) is 0. The van der Waals surface area contributed by atoms with Crippen molar-refractivity contribution in [2.45, 2.75) is 0 Å². The van der Waals surface area contributed by atoms with Crippen LogP contribution in [0.15, 0.2) is 89.4 Å². The topological polar surface area (TPSA) is 71.3 Å². The van der Waals surface area contributed by atoms with Gasteiger partial charge in [-0.25, -0.2) is 0 Å². The molecule has 1 heterocycles. The smallest absolute Gasteiger partial charge is 0.255 e. The normalized spacial score (nSPS) is 10.9. The van der Waals surface area contributed by atoms with Crippen LogP contribution in [0.4, 0.5) is 11.4 Å². The molecule has 4 rings (SSSR count). The minimum Gasteiger partial charge on any atom is -0.457 e. The summed E-state index contributed by atoms with van der Waals surface area (Å²) in [6.07, 6.45) is 2.89. The summed E-state index contributed by atoms with van der Waals surface area (Å²) >= 11 is 18.2. The van der Waals surface area contributed by atoms with Crippen LogP contribution in [0.5, 0.6) is 0 Å². The highest BCUT2D eigenvalue weighted by molar-refractivity contribution is 6.43. The fourth-order valence-corrected chi connectivity index (χ4v) is 3.71. The third kappa shape index (κ3) is 5.88. The van der Waals surface area contributed by atoms with Crippen LogP contribution in [0.3, 0.4) is 0 Å². The SMILES string of the molecule is O=C(C=Cc1ccc(-c2cccc(Cl)c2Cl)o1)Nc1cccc(NC(=O)c2cccc(Cl)c2)c1. The summed E-state index contributed by atoms with van der Waals surface area (Å²) < 4.78 is 5.75. The summed E-state index contributed by atoms with van der Waals surface area (Å²) in [6, 6.07) is 22.2. The average Bonchev–Trinajstić information content (AvgIpc) is 3.28. The van der Waals surface area contributed by atoms with E-state index in [0.717, 1.165) is 0 Å². The molecule has 170 valence electrons. The second kappa shape index (κ2) is 10.6. The lowest BCUT2D eigenvalue weighted by Gasteiger charge is -2.08. The number of rotatable bonds is 6. The Morgan fingerprint density at radius 1 is 0.794 bits per heavy atom. The fourth-order valence-electron chi connectivity index (χ4n) is 3.13. The number of furan rings is 1. The molecule has 0 unspecified atom stereocenters. The summed E-state index contributed by atoms with van der Waals surface area (Å²) in [4.78, 5) is 24.8. The van der Waals surface area contributed by atoms with Crippen molar-refractivity contribution < 1.29 is 14.0 Å². The van der Waals surface area contributed by atoms with Gasteiger partial charge in [0.15, 0.2) is 0 Å². The Bertz CT molecular complexity index is 1400. The zero-order valence-corrected chi connectivity index (χ0v) is 19.8. The number of halogens is 3. The molecule has 0 saturated heterocycles. The van der Waals surface area contributed by atoms with E-state index in [1.165, 1.54) is 6.08 Å². The molecule has 8 heteroatoms. The van der Waals surface area contributed by atoms with Gasteiger partial charge in [-0.2, -0.15) is 0 Å². The molecule has 34 heavy (non-hydrogen) atoms. The largest absolute Gasteiger partial charge is 0.457 e. The first-order chi connectivity index (χ1) is 16.4. The van der Waals surface area contributed by atoms with Crippen LogP contribution in [-0.2, 0) is 4.79 Å². The van der Waals surface area contributed by atoms with Crippen LogP contribution in [0, 0.1) is 0 Å². The van der Waals surface area contributed by atoms with E-state index in [9.17, 15) is 9.59 Å². The Labute approximate surface area is 210 Å². The summed E-state index contributed by atoms with van der Waals surface area (Å²) in [5.74, 6) is 0.343. The highest BCUT2D eigenvalue weighted by Crippen LogP contribution is 2.34. The van der Waals surface area contributed by atoms with Crippen molar-refractivity contribution in [2.24, 2.45) is 0 Å². The van der Waals surface area contributed by atoms with Gasteiger partial charge in [0.1, 0.15) is 11.5 Å². The van der Waals surface area contributed by atoms with Gasteiger partial charge < -0.3 is 15.1 Å². The highest BCUT2D eigenvalue weighted by Gasteiger charge is 2.11. The maximum atomic E-state index is 12.4. The molecule has 0 bridgehead atoms. The molecular weight excluding hydrogens is 495 g/mol. The van der Waals surface area contributed by atoms with E-state index in [1.807, 2.05) is 0 Å². The molecule has 0 spiro atoms. The van der Waals surface area contributed by atoms with Gasteiger partial charge in [-0.3, -0.25) is 9.59 Å². The first-order valence-electron chi connectivity index (χ1n) is 10.1. The number of amides is 2. The van der Waals surface area contributed by atoms with Crippen LogP contribution < -0.4 is 10.6 Å². The number of anilines is 2. The third-order valence-electron chi connectivity index (χ3n) is 4.72. The van der Waals surface area contributed by atoms with Gasteiger partial charge in [0.2, 0.25) is 5.91 Å². The van der Waals surface area contributed by atoms with E-state index in [-0.39, 0.29) is 11.8 Å². The van der Waals surface area contributed by atoms with Crippen LogP contribution in [0.1, 0.15) is 16.1 Å². The van der Waals surface area contributed by atoms with Crippen molar-refractivity contribution in [2.75, 3.05) is 10.6 Å². The zero-order valence-electron chi connectivity index (χ0n) is 17.5. The molecular formula is C26H17Cl3N2O3. The molecule has 2 amide bonds. The van der Waals surface area contributed by atoms with E-state index in [0.29, 0.717) is 49.1 Å². The molecule has 0 atom stereocenters. The van der Waals surface area contributed by atoms with E-state index in [4.69, 9.17) is 39.2 Å². The number of carbonyl (C=O) groups excluding carboxylic acids is 2. The molecule has 4 aromatic rings. The molecule has 0 aliphatic carbocycles. The van der Waals surface area contributed by atoms with Crippen LogP contribution in [0.25, 0.3) is 17.4 Å². The van der Waals surface area contributed by atoms with E-state index in [2.05, 4.69) is 10.6 Å². The van der Waals surface area contributed by atoms with Crippen LogP contribution in [0.2, 0.25) is 15.1 Å². The van der Waals surface area contributed by atoms with E-state index >= 15 is 0 Å². The quantitative estimate of drug-likeness (QED) is 0.259.